The van der Waals surface area contributed by atoms with Crippen LogP contribution in [0.2, 0.25) is 5.02 Å². The lowest BCUT2D eigenvalue weighted by atomic mass is 10.3. The molecule has 0 bridgehead atoms. The predicted molar refractivity (Wildman–Crippen MR) is 66.3 cm³/mol. The lowest BCUT2D eigenvalue weighted by Crippen LogP contribution is -2.16. The van der Waals surface area contributed by atoms with E-state index < -0.39 is 10.0 Å². The number of hydrogen-bond donors (Lipinski definition) is 1. The van der Waals surface area contributed by atoms with Gasteiger partial charge in [0, 0.05) is 4.47 Å². The molecule has 7 heteroatoms. The van der Waals surface area contributed by atoms with Crippen LogP contribution in [0.5, 0.6) is 5.75 Å². The van der Waals surface area contributed by atoms with Gasteiger partial charge in [-0.2, -0.15) is 0 Å². The second-order valence-corrected chi connectivity index (χ2v) is 6.28. The van der Waals surface area contributed by atoms with E-state index in [1.807, 2.05) is 0 Å². The molecule has 0 saturated heterocycles. The van der Waals surface area contributed by atoms with Crippen molar-refractivity contribution in [2.45, 2.75) is 24.8 Å². The van der Waals surface area contributed by atoms with Crippen molar-refractivity contribution in [1.82, 2.24) is 0 Å². The maximum atomic E-state index is 11.4. The summed E-state index contributed by atoms with van der Waals surface area (Å²) in [7, 11) is -3.86. The van der Waals surface area contributed by atoms with Crippen molar-refractivity contribution in [2.75, 3.05) is 0 Å². The zero-order chi connectivity index (χ0) is 12.5. The van der Waals surface area contributed by atoms with Gasteiger partial charge in [-0.15, -0.1) is 0 Å². The molecule has 0 aliphatic carbocycles. The van der Waals surface area contributed by atoms with Gasteiger partial charge in [-0.25, -0.2) is 13.6 Å². The highest BCUT2D eigenvalue weighted by atomic mass is 79.9. The first-order valence-corrected chi connectivity index (χ1v) is 7.12. The number of hydrogen-bond acceptors (Lipinski definition) is 3. The predicted octanol–water partition coefficient (Wildman–Crippen LogP) is 2.54. The maximum absolute atomic E-state index is 11.4. The maximum Gasteiger partial charge on any atom is 0.241 e. The molecule has 0 aromatic heterocycles. The number of halogens is 2. The monoisotopic (exact) mass is 327 g/mol. The third kappa shape index (κ3) is 3.35. The fourth-order valence-electron chi connectivity index (χ4n) is 1.10. The molecular formula is C9H11BrClNO3S. The fraction of sp³-hybridized carbons (Fsp3) is 0.333. The van der Waals surface area contributed by atoms with Gasteiger partial charge in [0.2, 0.25) is 10.0 Å². The Labute approximate surface area is 108 Å². The van der Waals surface area contributed by atoms with Crippen LogP contribution in [0.3, 0.4) is 0 Å². The van der Waals surface area contributed by atoms with Crippen LogP contribution < -0.4 is 9.88 Å². The van der Waals surface area contributed by atoms with Crippen LogP contribution in [0, 0.1) is 0 Å². The minimum absolute atomic E-state index is 0.0855. The molecule has 1 rings (SSSR count). The summed E-state index contributed by atoms with van der Waals surface area (Å²) in [6, 6.07) is 2.91. The van der Waals surface area contributed by atoms with Gasteiger partial charge in [-0.1, -0.05) is 27.5 Å². The van der Waals surface area contributed by atoms with Crippen molar-refractivity contribution in [1.29, 1.82) is 0 Å². The van der Waals surface area contributed by atoms with Gasteiger partial charge in [0.15, 0.2) is 5.75 Å². The Bertz CT molecular complexity index is 502. The minimum atomic E-state index is -3.86. The van der Waals surface area contributed by atoms with Gasteiger partial charge >= 0.3 is 0 Å². The molecule has 0 aliphatic heterocycles. The normalized spacial score (nSPS) is 11.9. The summed E-state index contributed by atoms with van der Waals surface area (Å²) in [5, 5.41) is 5.28. The van der Waals surface area contributed by atoms with Crippen molar-refractivity contribution in [3.05, 3.63) is 21.6 Å². The molecule has 0 aliphatic rings. The quantitative estimate of drug-likeness (QED) is 0.927. The highest BCUT2D eigenvalue weighted by Crippen LogP contribution is 2.35. The molecule has 0 unspecified atom stereocenters. The van der Waals surface area contributed by atoms with Gasteiger partial charge in [0.25, 0.3) is 0 Å². The minimum Gasteiger partial charge on any atom is -0.488 e. The second-order valence-electron chi connectivity index (χ2n) is 3.43. The summed E-state index contributed by atoms with van der Waals surface area (Å²) in [5.74, 6) is 0.0855. The van der Waals surface area contributed by atoms with Crippen molar-refractivity contribution >= 4 is 37.6 Å². The highest BCUT2D eigenvalue weighted by molar-refractivity contribution is 9.10. The van der Waals surface area contributed by atoms with Crippen LogP contribution >= 0.6 is 27.5 Å². The molecule has 90 valence electrons. The molecule has 0 amide bonds. The number of sulfonamides is 1. The van der Waals surface area contributed by atoms with E-state index in [-0.39, 0.29) is 21.8 Å². The molecule has 0 spiro atoms. The zero-order valence-electron chi connectivity index (χ0n) is 8.70. The lowest BCUT2D eigenvalue weighted by molar-refractivity contribution is 0.236. The summed E-state index contributed by atoms with van der Waals surface area (Å²) in [5.41, 5.74) is 0. The molecule has 1 aromatic carbocycles. The lowest BCUT2D eigenvalue weighted by Gasteiger charge is -2.15. The molecular weight excluding hydrogens is 318 g/mol. The number of ether oxygens (including phenoxy) is 1. The molecule has 4 nitrogen and oxygen atoms in total. The Morgan fingerprint density at radius 2 is 2.00 bits per heavy atom. The molecule has 0 saturated carbocycles. The zero-order valence-corrected chi connectivity index (χ0v) is 11.9. The first-order chi connectivity index (χ1) is 7.21. The van der Waals surface area contributed by atoms with Crippen molar-refractivity contribution < 1.29 is 13.2 Å². The van der Waals surface area contributed by atoms with E-state index in [0.717, 1.165) is 0 Å². The van der Waals surface area contributed by atoms with Gasteiger partial charge in [-0.05, 0) is 26.0 Å². The summed E-state index contributed by atoms with van der Waals surface area (Å²) in [6.07, 6.45) is -0.195. The van der Waals surface area contributed by atoms with E-state index in [9.17, 15) is 8.42 Å². The van der Waals surface area contributed by atoms with E-state index in [2.05, 4.69) is 15.9 Å². The third-order valence-electron chi connectivity index (χ3n) is 1.63. The first-order valence-electron chi connectivity index (χ1n) is 4.40. The summed E-state index contributed by atoms with van der Waals surface area (Å²) in [6.45, 7) is 3.54. The van der Waals surface area contributed by atoms with Gasteiger partial charge in [0.1, 0.15) is 4.90 Å². The SMILES string of the molecule is CC(C)Oc1c(Cl)cc(Br)cc1S(N)(=O)=O. The topological polar surface area (TPSA) is 69.4 Å². The Balaban J connectivity index is 3.45. The summed E-state index contributed by atoms with van der Waals surface area (Å²) < 4.78 is 28.6. The van der Waals surface area contributed by atoms with E-state index in [1.54, 1.807) is 19.9 Å². The van der Waals surface area contributed by atoms with E-state index >= 15 is 0 Å². The summed E-state index contributed by atoms with van der Waals surface area (Å²) >= 11 is 9.06. The number of rotatable bonds is 3. The van der Waals surface area contributed by atoms with Crippen LogP contribution in [-0.4, -0.2) is 14.5 Å². The average Bonchev–Trinajstić information content (AvgIpc) is 2.06. The second kappa shape index (κ2) is 4.91. The standard InChI is InChI=1S/C9H11BrClNO3S/c1-5(2)15-9-7(11)3-6(10)4-8(9)16(12,13)14/h3-5H,1-2H3,(H2,12,13,14). The molecule has 0 fully saturated rings. The van der Waals surface area contributed by atoms with Crippen LogP contribution in [0.25, 0.3) is 0 Å². The molecule has 1 aromatic rings. The molecule has 0 atom stereocenters. The molecule has 0 heterocycles. The Kier molecular flexibility index (Phi) is 4.23. The highest BCUT2D eigenvalue weighted by Gasteiger charge is 2.20. The third-order valence-corrected chi connectivity index (χ3v) is 3.29. The number of nitrogens with two attached hydrogens (primary N) is 1. The fourth-order valence-corrected chi connectivity index (χ4v) is 2.87. The van der Waals surface area contributed by atoms with E-state index in [4.69, 9.17) is 21.5 Å². The van der Waals surface area contributed by atoms with Crippen LogP contribution in [-0.2, 0) is 10.0 Å². The van der Waals surface area contributed by atoms with E-state index in [1.165, 1.54) is 6.07 Å². The summed E-state index contributed by atoms with van der Waals surface area (Å²) in [4.78, 5) is -0.124. The first kappa shape index (κ1) is 13.8. The number of primary sulfonamides is 1. The molecule has 2 N–H and O–H groups in total. The molecule has 16 heavy (non-hydrogen) atoms. The number of benzene rings is 1. The van der Waals surface area contributed by atoms with Crippen molar-refractivity contribution in [2.24, 2.45) is 5.14 Å². The van der Waals surface area contributed by atoms with E-state index in [0.29, 0.717) is 4.47 Å². The van der Waals surface area contributed by atoms with Crippen LogP contribution in [0.4, 0.5) is 0 Å². The Morgan fingerprint density at radius 1 is 1.44 bits per heavy atom. The van der Waals surface area contributed by atoms with Gasteiger partial charge < -0.3 is 4.74 Å². The Hall–Kier alpha value is -0.300. The van der Waals surface area contributed by atoms with Crippen LogP contribution in [0.15, 0.2) is 21.5 Å². The van der Waals surface area contributed by atoms with Crippen molar-refractivity contribution in [3.63, 3.8) is 0 Å². The largest absolute Gasteiger partial charge is 0.488 e. The average molecular weight is 329 g/mol. The van der Waals surface area contributed by atoms with Crippen LogP contribution in [0.1, 0.15) is 13.8 Å². The van der Waals surface area contributed by atoms with Gasteiger partial charge in [0.05, 0.1) is 11.1 Å². The smallest absolute Gasteiger partial charge is 0.241 e. The Morgan fingerprint density at radius 3 is 2.44 bits per heavy atom. The molecule has 0 radical (unpaired) electrons. The van der Waals surface area contributed by atoms with Crippen molar-refractivity contribution in [3.8, 4) is 5.75 Å². The van der Waals surface area contributed by atoms with Gasteiger partial charge in [-0.3, -0.25) is 0 Å².